The van der Waals surface area contributed by atoms with Gasteiger partial charge in [0, 0.05) is 7.05 Å². The van der Waals surface area contributed by atoms with Crippen LogP contribution < -0.4 is 0 Å². The van der Waals surface area contributed by atoms with Gasteiger partial charge in [0.2, 0.25) is 0 Å². The summed E-state index contributed by atoms with van der Waals surface area (Å²) in [4.78, 5) is 11.7. The van der Waals surface area contributed by atoms with E-state index in [1.165, 1.54) is 0 Å². The number of ketones is 1. The summed E-state index contributed by atoms with van der Waals surface area (Å²) in [6.07, 6.45) is 1.48. The highest BCUT2D eigenvalue weighted by Crippen LogP contribution is 2.20. The number of carbonyl (C=O) groups excluding carboxylic acids is 1. The average Bonchev–Trinajstić information content (AvgIpc) is 2.46. The molecule has 1 rings (SSSR count). The van der Waals surface area contributed by atoms with Crippen molar-refractivity contribution in [3.63, 3.8) is 0 Å². The molecule has 0 N–H and O–H groups in total. The van der Waals surface area contributed by atoms with Gasteiger partial charge in [-0.05, 0) is 19.1 Å². The van der Waals surface area contributed by atoms with Crippen LogP contribution in [0.15, 0.2) is 0 Å². The van der Waals surface area contributed by atoms with Crippen LogP contribution in [0.1, 0.15) is 24.7 Å². The highest BCUT2D eigenvalue weighted by atomic mass is 35.5. The van der Waals surface area contributed by atoms with E-state index < -0.39 is 0 Å². The zero-order valence-electron chi connectivity index (χ0n) is 9.92. The number of halogens is 1. The third-order valence-corrected chi connectivity index (χ3v) is 3.95. The number of hydrogen-bond acceptors (Lipinski definition) is 3. The Morgan fingerprint density at radius 2 is 2.25 bits per heavy atom. The van der Waals surface area contributed by atoms with Crippen molar-refractivity contribution in [3.8, 4) is 0 Å². The minimum Gasteiger partial charge on any atom is -0.298 e. The van der Waals surface area contributed by atoms with E-state index in [4.69, 9.17) is 11.6 Å². The average molecular weight is 261 g/mol. The number of carbonyl (C=O) groups is 1. The quantitative estimate of drug-likeness (QED) is 0.738. The topological polar surface area (TPSA) is 34.9 Å². The standard InChI is InChI=1S/C11H17ClN2OS/c1-4-5-16-7-9(15)6-10-11(12)8(2)13-14(10)3/h4-7H2,1-3H3. The lowest BCUT2D eigenvalue weighted by Crippen LogP contribution is -2.10. The van der Waals surface area contributed by atoms with Crippen molar-refractivity contribution in [2.24, 2.45) is 7.05 Å². The van der Waals surface area contributed by atoms with E-state index in [9.17, 15) is 4.79 Å². The summed E-state index contributed by atoms with van der Waals surface area (Å²) in [5, 5.41) is 4.81. The number of hydrogen-bond donors (Lipinski definition) is 0. The third kappa shape index (κ3) is 3.52. The predicted octanol–water partition coefficient (Wildman–Crippen LogP) is 2.64. The van der Waals surface area contributed by atoms with Gasteiger partial charge >= 0.3 is 0 Å². The van der Waals surface area contributed by atoms with Crippen LogP contribution in [-0.2, 0) is 18.3 Å². The molecule has 1 aromatic rings. The van der Waals surface area contributed by atoms with Crippen LogP contribution in [-0.4, -0.2) is 27.1 Å². The van der Waals surface area contributed by atoms with Crippen molar-refractivity contribution in [2.45, 2.75) is 26.7 Å². The van der Waals surface area contributed by atoms with Crippen LogP contribution in [0.2, 0.25) is 5.02 Å². The minimum absolute atomic E-state index is 0.211. The molecule has 5 heteroatoms. The molecule has 0 saturated heterocycles. The van der Waals surface area contributed by atoms with Crippen LogP contribution in [0.4, 0.5) is 0 Å². The summed E-state index contributed by atoms with van der Waals surface area (Å²) < 4.78 is 1.69. The molecule has 0 aromatic carbocycles. The fourth-order valence-electron chi connectivity index (χ4n) is 1.44. The highest BCUT2D eigenvalue weighted by molar-refractivity contribution is 7.99. The molecule has 0 spiro atoms. The van der Waals surface area contributed by atoms with Crippen LogP contribution in [0.5, 0.6) is 0 Å². The number of nitrogens with zero attached hydrogens (tertiary/aromatic N) is 2. The van der Waals surface area contributed by atoms with Crippen molar-refractivity contribution in [1.29, 1.82) is 0 Å². The normalized spacial score (nSPS) is 10.8. The Kier molecular flexibility index (Phi) is 5.35. The maximum absolute atomic E-state index is 11.7. The number of thioether (sulfide) groups is 1. The van der Waals surface area contributed by atoms with Crippen molar-refractivity contribution in [2.75, 3.05) is 11.5 Å². The number of aryl methyl sites for hydroxylation is 2. The summed E-state index contributed by atoms with van der Waals surface area (Å²) in [5.74, 6) is 1.81. The minimum atomic E-state index is 0.211. The van der Waals surface area contributed by atoms with E-state index in [0.717, 1.165) is 23.6 Å². The monoisotopic (exact) mass is 260 g/mol. The maximum atomic E-state index is 11.7. The van der Waals surface area contributed by atoms with E-state index in [2.05, 4.69) is 12.0 Å². The first kappa shape index (κ1) is 13.6. The molecule has 0 fully saturated rings. The van der Waals surface area contributed by atoms with Crippen LogP contribution in [0.3, 0.4) is 0 Å². The van der Waals surface area contributed by atoms with Gasteiger partial charge in [-0.15, -0.1) is 0 Å². The molecule has 0 aliphatic heterocycles. The van der Waals surface area contributed by atoms with Gasteiger partial charge in [-0.3, -0.25) is 9.48 Å². The zero-order valence-corrected chi connectivity index (χ0v) is 11.5. The van der Waals surface area contributed by atoms with Crippen LogP contribution >= 0.6 is 23.4 Å². The van der Waals surface area contributed by atoms with Crippen molar-refractivity contribution < 1.29 is 4.79 Å². The molecule has 3 nitrogen and oxygen atoms in total. The summed E-state index contributed by atoms with van der Waals surface area (Å²) in [6, 6.07) is 0. The summed E-state index contributed by atoms with van der Waals surface area (Å²) in [7, 11) is 1.82. The van der Waals surface area contributed by atoms with Gasteiger partial charge < -0.3 is 0 Å². The van der Waals surface area contributed by atoms with E-state index >= 15 is 0 Å². The molecular formula is C11H17ClN2OS. The second kappa shape index (κ2) is 6.30. The Morgan fingerprint density at radius 3 is 2.75 bits per heavy atom. The molecule has 16 heavy (non-hydrogen) atoms. The van der Waals surface area contributed by atoms with E-state index in [1.807, 2.05) is 14.0 Å². The molecule has 0 aliphatic rings. The van der Waals surface area contributed by atoms with Gasteiger partial charge in [0.1, 0.15) is 5.78 Å². The van der Waals surface area contributed by atoms with Gasteiger partial charge in [-0.1, -0.05) is 18.5 Å². The van der Waals surface area contributed by atoms with Crippen molar-refractivity contribution in [1.82, 2.24) is 9.78 Å². The highest BCUT2D eigenvalue weighted by Gasteiger charge is 2.14. The Bertz CT molecular complexity index is 376. The summed E-state index contributed by atoms with van der Waals surface area (Å²) in [6.45, 7) is 3.96. The van der Waals surface area contributed by atoms with Gasteiger partial charge in [-0.2, -0.15) is 16.9 Å². The van der Waals surface area contributed by atoms with Gasteiger partial charge in [-0.25, -0.2) is 0 Å². The molecule has 0 atom stereocenters. The molecular weight excluding hydrogens is 244 g/mol. The predicted molar refractivity (Wildman–Crippen MR) is 69.3 cm³/mol. The second-order valence-electron chi connectivity index (χ2n) is 3.74. The summed E-state index contributed by atoms with van der Waals surface area (Å²) >= 11 is 7.75. The largest absolute Gasteiger partial charge is 0.298 e. The molecule has 0 saturated carbocycles. The molecule has 90 valence electrons. The molecule has 1 aromatic heterocycles. The first-order chi connectivity index (χ1) is 7.56. The lowest BCUT2D eigenvalue weighted by molar-refractivity contribution is -0.116. The Labute approximate surface area is 106 Å². The van der Waals surface area contributed by atoms with Crippen molar-refractivity contribution in [3.05, 3.63) is 16.4 Å². The molecule has 0 aliphatic carbocycles. The number of Topliss-reactive ketones (excluding diaryl/α,β-unsaturated/α-hetero) is 1. The van der Waals surface area contributed by atoms with E-state index in [1.54, 1.807) is 16.4 Å². The number of aromatic nitrogens is 2. The van der Waals surface area contributed by atoms with Gasteiger partial charge in [0.05, 0.1) is 28.6 Å². The SMILES string of the molecule is CCCSCC(=O)Cc1c(Cl)c(C)nn1C. The number of rotatable bonds is 6. The second-order valence-corrected chi connectivity index (χ2v) is 5.22. The van der Waals surface area contributed by atoms with E-state index in [-0.39, 0.29) is 5.78 Å². The smallest absolute Gasteiger partial charge is 0.148 e. The lowest BCUT2D eigenvalue weighted by Gasteiger charge is -2.02. The fourth-order valence-corrected chi connectivity index (χ4v) is 2.43. The van der Waals surface area contributed by atoms with Crippen molar-refractivity contribution >= 4 is 29.1 Å². The Morgan fingerprint density at radius 1 is 1.56 bits per heavy atom. The molecule has 0 radical (unpaired) electrons. The molecule has 0 amide bonds. The Hall–Kier alpha value is -0.480. The lowest BCUT2D eigenvalue weighted by atomic mass is 10.2. The first-order valence-electron chi connectivity index (χ1n) is 5.33. The van der Waals surface area contributed by atoms with Gasteiger partial charge in [0.15, 0.2) is 0 Å². The Balaban J connectivity index is 2.56. The van der Waals surface area contributed by atoms with Gasteiger partial charge in [0.25, 0.3) is 0 Å². The molecule has 0 bridgehead atoms. The molecule has 0 unspecified atom stereocenters. The van der Waals surface area contributed by atoms with Crippen LogP contribution in [0, 0.1) is 6.92 Å². The molecule has 1 heterocycles. The third-order valence-electron chi connectivity index (χ3n) is 2.24. The maximum Gasteiger partial charge on any atom is 0.148 e. The summed E-state index contributed by atoms with van der Waals surface area (Å²) in [5.41, 5.74) is 1.61. The fraction of sp³-hybridized carbons (Fsp3) is 0.636. The first-order valence-corrected chi connectivity index (χ1v) is 6.87. The zero-order chi connectivity index (χ0) is 12.1. The van der Waals surface area contributed by atoms with E-state index in [0.29, 0.717) is 17.2 Å². The van der Waals surface area contributed by atoms with Crippen LogP contribution in [0.25, 0.3) is 0 Å².